The first-order chi connectivity index (χ1) is 9.72. The van der Waals surface area contributed by atoms with Gasteiger partial charge in [0.1, 0.15) is 9.79 Å². The van der Waals surface area contributed by atoms with Crippen LogP contribution in [0.4, 0.5) is 9.57 Å². The van der Waals surface area contributed by atoms with Crippen LogP contribution in [-0.2, 0) is 20.2 Å². The smallest absolute Gasteiger partial charge is 0.278 e. The highest BCUT2D eigenvalue weighted by molar-refractivity contribution is 7.93. The number of sulfonamides is 1. The molecule has 0 heterocycles. The summed E-state index contributed by atoms with van der Waals surface area (Å²) < 4.78 is 61.6. The molecule has 0 amide bonds. The first-order valence-electron chi connectivity index (χ1n) is 5.53. The summed E-state index contributed by atoms with van der Waals surface area (Å²) >= 11 is 5.79. The second-order valence-corrected chi connectivity index (χ2v) is 7.34. The van der Waals surface area contributed by atoms with Gasteiger partial charge in [-0.1, -0.05) is 35.9 Å². The Labute approximate surface area is 126 Å². The minimum atomic E-state index is -5.06. The predicted octanol–water partition coefficient (Wildman–Crippen LogP) is 2.80. The van der Waals surface area contributed by atoms with Crippen LogP contribution in [0.15, 0.2) is 58.3 Å². The van der Waals surface area contributed by atoms with Crippen molar-refractivity contribution >= 4 is 37.5 Å². The van der Waals surface area contributed by atoms with Gasteiger partial charge in [-0.15, -0.1) is 3.89 Å². The molecule has 1 N–H and O–H groups in total. The highest BCUT2D eigenvalue weighted by Gasteiger charge is 2.23. The van der Waals surface area contributed by atoms with Crippen LogP contribution in [0.2, 0.25) is 5.02 Å². The highest BCUT2D eigenvalue weighted by Crippen LogP contribution is 2.27. The standard InChI is InChI=1S/C12H9ClFNO4S2/c13-9-5-1-3-7-11(9)21(18,19)15-10-6-2-4-8-12(10)20(14,16)17/h1-8,15H. The molecule has 2 rings (SSSR count). The van der Waals surface area contributed by atoms with Crippen LogP contribution in [0.5, 0.6) is 0 Å². The molecule has 9 heteroatoms. The zero-order valence-electron chi connectivity index (χ0n) is 10.3. The molecule has 0 unspecified atom stereocenters. The zero-order chi connectivity index (χ0) is 15.7. The molecule has 0 spiro atoms. The number of hydrogen-bond donors (Lipinski definition) is 1. The molecule has 0 saturated carbocycles. The summed E-state index contributed by atoms with van der Waals surface area (Å²) in [6.07, 6.45) is 0. The van der Waals surface area contributed by atoms with Crippen molar-refractivity contribution < 1.29 is 20.7 Å². The SMILES string of the molecule is O=S(=O)(F)c1ccccc1NS(=O)(=O)c1ccccc1Cl. The summed E-state index contributed by atoms with van der Waals surface area (Å²) in [6, 6.07) is 10.4. The van der Waals surface area contributed by atoms with Crippen LogP contribution in [0, 0.1) is 0 Å². The van der Waals surface area contributed by atoms with Crippen molar-refractivity contribution in [2.24, 2.45) is 0 Å². The minimum Gasteiger partial charge on any atom is -0.278 e. The van der Waals surface area contributed by atoms with Gasteiger partial charge < -0.3 is 0 Å². The largest absolute Gasteiger partial charge is 0.334 e. The Kier molecular flexibility index (Phi) is 4.22. The number of para-hydroxylation sites is 1. The monoisotopic (exact) mass is 349 g/mol. The summed E-state index contributed by atoms with van der Waals surface area (Å²) in [4.78, 5) is -1.00. The van der Waals surface area contributed by atoms with Gasteiger partial charge in [0.2, 0.25) is 0 Å². The molecular formula is C12H9ClFNO4S2. The third-order valence-electron chi connectivity index (χ3n) is 2.52. The molecule has 0 aliphatic rings. The van der Waals surface area contributed by atoms with E-state index in [1.54, 1.807) is 6.07 Å². The van der Waals surface area contributed by atoms with Gasteiger partial charge >= 0.3 is 10.2 Å². The molecule has 0 fully saturated rings. The zero-order valence-corrected chi connectivity index (χ0v) is 12.7. The summed E-state index contributed by atoms with van der Waals surface area (Å²) in [7, 11) is -9.20. The fraction of sp³-hybridized carbons (Fsp3) is 0. The average Bonchev–Trinajstić information content (AvgIpc) is 2.38. The third-order valence-corrected chi connectivity index (χ3v) is 5.27. The van der Waals surface area contributed by atoms with Crippen molar-refractivity contribution in [3.8, 4) is 0 Å². The van der Waals surface area contributed by atoms with Crippen LogP contribution < -0.4 is 4.72 Å². The second-order valence-electron chi connectivity index (χ2n) is 3.97. The molecule has 21 heavy (non-hydrogen) atoms. The Hall–Kier alpha value is -1.64. The van der Waals surface area contributed by atoms with E-state index in [4.69, 9.17) is 11.6 Å². The molecule has 112 valence electrons. The van der Waals surface area contributed by atoms with Gasteiger partial charge in [-0.05, 0) is 24.3 Å². The first-order valence-corrected chi connectivity index (χ1v) is 8.77. The van der Waals surface area contributed by atoms with Gasteiger partial charge in [0.05, 0.1) is 10.7 Å². The average molecular weight is 350 g/mol. The lowest BCUT2D eigenvalue weighted by Crippen LogP contribution is -2.15. The Balaban J connectivity index is 2.51. The Morgan fingerprint density at radius 2 is 1.38 bits per heavy atom. The molecule has 2 aromatic rings. The summed E-state index contributed by atoms with van der Waals surface area (Å²) in [5.41, 5.74) is -0.389. The third kappa shape index (κ3) is 3.52. The maximum Gasteiger partial charge on any atom is 0.334 e. The lowest BCUT2D eigenvalue weighted by Gasteiger charge is -2.11. The Morgan fingerprint density at radius 1 is 0.857 bits per heavy atom. The molecule has 5 nitrogen and oxygen atoms in total. The van der Waals surface area contributed by atoms with Crippen LogP contribution in [-0.4, -0.2) is 16.8 Å². The van der Waals surface area contributed by atoms with Gasteiger partial charge in [0.15, 0.2) is 0 Å². The molecule has 0 radical (unpaired) electrons. The fourth-order valence-corrected chi connectivity index (χ4v) is 3.91. The number of nitrogens with one attached hydrogen (secondary N) is 1. The maximum atomic E-state index is 13.1. The maximum absolute atomic E-state index is 13.1. The minimum absolute atomic E-state index is 0.0365. The number of rotatable bonds is 4. The van der Waals surface area contributed by atoms with Crippen molar-refractivity contribution in [2.75, 3.05) is 4.72 Å². The van der Waals surface area contributed by atoms with Gasteiger partial charge in [0, 0.05) is 0 Å². The molecule has 0 atom stereocenters. The Morgan fingerprint density at radius 3 is 1.95 bits per heavy atom. The van der Waals surface area contributed by atoms with Crippen LogP contribution in [0.1, 0.15) is 0 Å². The molecule has 0 aromatic heterocycles. The van der Waals surface area contributed by atoms with E-state index in [-0.39, 0.29) is 15.6 Å². The lowest BCUT2D eigenvalue weighted by atomic mass is 10.3. The van der Waals surface area contributed by atoms with E-state index in [0.717, 1.165) is 12.1 Å². The summed E-state index contributed by atoms with van der Waals surface area (Å²) in [5, 5.41) is -0.0365. The van der Waals surface area contributed by atoms with Crippen molar-refractivity contribution in [2.45, 2.75) is 9.79 Å². The molecular weight excluding hydrogens is 341 g/mol. The van der Waals surface area contributed by atoms with E-state index in [1.807, 2.05) is 4.72 Å². The van der Waals surface area contributed by atoms with Gasteiger partial charge in [-0.25, -0.2) is 8.42 Å². The van der Waals surface area contributed by atoms with Crippen LogP contribution in [0.3, 0.4) is 0 Å². The van der Waals surface area contributed by atoms with E-state index in [0.29, 0.717) is 0 Å². The van der Waals surface area contributed by atoms with E-state index >= 15 is 0 Å². The van der Waals surface area contributed by atoms with Gasteiger partial charge in [-0.2, -0.15) is 8.42 Å². The van der Waals surface area contributed by atoms with Crippen molar-refractivity contribution in [1.82, 2.24) is 0 Å². The summed E-state index contributed by atoms with van der Waals surface area (Å²) in [5.74, 6) is 0. The number of benzene rings is 2. The topological polar surface area (TPSA) is 80.3 Å². The fourth-order valence-electron chi connectivity index (χ4n) is 1.63. The molecule has 0 bridgehead atoms. The van der Waals surface area contributed by atoms with Crippen molar-refractivity contribution in [1.29, 1.82) is 0 Å². The predicted molar refractivity (Wildman–Crippen MR) is 77.0 cm³/mol. The van der Waals surface area contributed by atoms with E-state index < -0.39 is 25.1 Å². The van der Waals surface area contributed by atoms with Gasteiger partial charge in [-0.3, -0.25) is 4.72 Å². The second kappa shape index (κ2) is 5.63. The number of halogens is 2. The molecule has 0 aliphatic carbocycles. The van der Waals surface area contributed by atoms with Gasteiger partial charge in [0.25, 0.3) is 10.0 Å². The van der Waals surface area contributed by atoms with Crippen molar-refractivity contribution in [3.63, 3.8) is 0 Å². The molecule has 0 aliphatic heterocycles. The normalized spacial score (nSPS) is 12.1. The van der Waals surface area contributed by atoms with Crippen LogP contribution in [0.25, 0.3) is 0 Å². The first kappa shape index (κ1) is 15.7. The van der Waals surface area contributed by atoms with E-state index in [2.05, 4.69) is 0 Å². The number of anilines is 1. The van der Waals surface area contributed by atoms with Crippen LogP contribution >= 0.6 is 11.6 Å². The van der Waals surface area contributed by atoms with E-state index in [1.165, 1.54) is 30.3 Å². The number of hydrogen-bond acceptors (Lipinski definition) is 4. The summed E-state index contributed by atoms with van der Waals surface area (Å²) in [6.45, 7) is 0. The molecule has 0 saturated heterocycles. The van der Waals surface area contributed by atoms with E-state index in [9.17, 15) is 20.7 Å². The molecule has 2 aromatic carbocycles. The lowest BCUT2D eigenvalue weighted by molar-refractivity contribution is 0.552. The highest BCUT2D eigenvalue weighted by atomic mass is 35.5. The van der Waals surface area contributed by atoms with Crippen molar-refractivity contribution in [3.05, 3.63) is 53.6 Å². The Bertz CT molecular complexity index is 882. The quantitative estimate of drug-likeness (QED) is 0.861.